The molecule has 2 unspecified atom stereocenters. The van der Waals surface area contributed by atoms with Gasteiger partial charge in [-0.1, -0.05) is 32.9 Å². The molecular weight excluding hydrogens is 218 g/mol. The Morgan fingerprint density at radius 3 is 2.44 bits per heavy atom. The third-order valence-electron chi connectivity index (χ3n) is 4.03. The fourth-order valence-corrected chi connectivity index (χ4v) is 2.85. The van der Waals surface area contributed by atoms with Crippen molar-refractivity contribution in [2.75, 3.05) is 0 Å². The van der Waals surface area contributed by atoms with Gasteiger partial charge in [0.15, 0.2) is 0 Å². The number of nitrogens with zero attached hydrogens (tertiary/aromatic N) is 1. The summed E-state index contributed by atoms with van der Waals surface area (Å²) in [6.45, 7) is 10.9. The van der Waals surface area contributed by atoms with Crippen molar-refractivity contribution in [2.45, 2.75) is 51.4 Å². The maximum atomic E-state index is 11.9. The molecule has 1 saturated heterocycles. The van der Waals surface area contributed by atoms with Crippen LogP contribution in [-0.2, 0) is 9.32 Å². The van der Waals surface area contributed by atoms with Gasteiger partial charge in [-0.05, 0) is 24.6 Å². The van der Waals surface area contributed by atoms with Crippen molar-refractivity contribution in [1.29, 1.82) is 0 Å². The lowest BCUT2D eigenvalue weighted by Crippen LogP contribution is -2.49. The lowest BCUT2D eigenvalue weighted by molar-refractivity contribution is -0.159. The Morgan fingerprint density at radius 2 is 2.00 bits per heavy atom. The standard InChI is InChI=1S/C12H21NO2Si/c1-12(2,3)16(4,5)15-13-10-7-6-9(8-10)11(13)14/h6-7,9-10H,8H2,1-5H3. The molecule has 2 aliphatic rings. The molecule has 1 aliphatic carbocycles. The lowest BCUT2D eigenvalue weighted by atomic mass is 10.1. The number of fused-ring (bicyclic) bond motifs is 2. The summed E-state index contributed by atoms with van der Waals surface area (Å²) in [5, 5.41) is 1.78. The number of amides is 1. The van der Waals surface area contributed by atoms with Crippen molar-refractivity contribution in [2.24, 2.45) is 5.92 Å². The van der Waals surface area contributed by atoms with E-state index in [2.05, 4.69) is 39.9 Å². The molecule has 0 N–H and O–H groups in total. The number of carbonyl (C=O) groups is 1. The Hall–Kier alpha value is -0.613. The van der Waals surface area contributed by atoms with Gasteiger partial charge in [-0.2, -0.15) is 0 Å². The van der Waals surface area contributed by atoms with Gasteiger partial charge in [0.2, 0.25) is 8.32 Å². The predicted octanol–water partition coefficient (Wildman–Crippen LogP) is 2.71. The zero-order valence-electron chi connectivity index (χ0n) is 10.8. The molecule has 4 heteroatoms. The molecule has 1 aliphatic heterocycles. The maximum absolute atomic E-state index is 11.9. The van der Waals surface area contributed by atoms with Crippen molar-refractivity contribution >= 4 is 14.2 Å². The molecule has 2 atom stereocenters. The van der Waals surface area contributed by atoms with Crippen LogP contribution in [0.25, 0.3) is 0 Å². The summed E-state index contributed by atoms with van der Waals surface area (Å²) in [7, 11) is -1.88. The normalized spacial score (nSPS) is 29.3. The van der Waals surface area contributed by atoms with E-state index in [9.17, 15) is 4.79 Å². The molecule has 0 aromatic carbocycles. The van der Waals surface area contributed by atoms with Crippen molar-refractivity contribution in [3.05, 3.63) is 12.2 Å². The quantitative estimate of drug-likeness (QED) is 0.548. The van der Waals surface area contributed by atoms with Gasteiger partial charge in [-0.3, -0.25) is 4.79 Å². The van der Waals surface area contributed by atoms with E-state index in [1.54, 1.807) is 5.06 Å². The topological polar surface area (TPSA) is 29.5 Å². The minimum absolute atomic E-state index is 0.0785. The van der Waals surface area contributed by atoms with Gasteiger partial charge < -0.3 is 4.53 Å². The van der Waals surface area contributed by atoms with Crippen molar-refractivity contribution < 1.29 is 9.32 Å². The first-order chi connectivity index (χ1) is 7.22. The molecule has 2 rings (SSSR count). The van der Waals surface area contributed by atoms with Crippen molar-refractivity contribution in [1.82, 2.24) is 5.06 Å². The lowest BCUT2D eigenvalue weighted by Gasteiger charge is -2.40. The molecule has 1 amide bonds. The summed E-state index contributed by atoms with van der Waals surface area (Å²) in [6, 6.07) is 0.187. The van der Waals surface area contributed by atoms with Gasteiger partial charge >= 0.3 is 0 Å². The SMILES string of the molecule is CC(C)(C)[Si](C)(C)ON1C(=O)C2C=CC1C2. The monoisotopic (exact) mass is 239 g/mol. The number of carbonyl (C=O) groups excluding carboxylic acids is 1. The second-order valence-corrected chi connectivity index (χ2v) is 11.0. The highest BCUT2D eigenvalue weighted by atomic mass is 28.4. The molecule has 0 aromatic rings. The summed E-state index contributed by atoms with van der Waals surface area (Å²) < 4.78 is 6.08. The minimum atomic E-state index is -1.88. The van der Waals surface area contributed by atoms with Crippen LogP contribution in [0.1, 0.15) is 27.2 Å². The highest BCUT2D eigenvalue weighted by molar-refractivity contribution is 6.74. The van der Waals surface area contributed by atoms with Gasteiger partial charge in [-0.15, -0.1) is 0 Å². The average molecular weight is 239 g/mol. The van der Waals surface area contributed by atoms with Gasteiger partial charge in [0.05, 0.1) is 12.0 Å². The first kappa shape index (κ1) is 11.9. The molecule has 16 heavy (non-hydrogen) atoms. The van der Waals surface area contributed by atoms with E-state index in [4.69, 9.17) is 4.53 Å². The van der Waals surface area contributed by atoms with E-state index in [1.807, 2.05) is 6.08 Å². The van der Waals surface area contributed by atoms with Crippen LogP contribution >= 0.6 is 0 Å². The molecule has 3 nitrogen and oxygen atoms in total. The smallest absolute Gasteiger partial charge is 0.252 e. The number of hydrogen-bond donors (Lipinski definition) is 0. The predicted molar refractivity (Wildman–Crippen MR) is 66.2 cm³/mol. The Bertz CT molecular complexity index is 343. The Balaban J connectivity index is 2.12. The Labute approximate surface area is 98.5 Å². The zero-order chi connectivity index (χ0) is 12.1. The fraction of sp³-hybridized carbons (Fsp3) is 0.750. The second-order valence-electron chi connectivity index (χ2n) is 6.31. The van der Waals surface area contributed by atoms with Crippen LogP contribution in [0.3, 0.4) is 0 Å². The third kappa shape index (κ3) is 1.74. The minimum Gasteiger partial charge on any atom is -0.316 e. The molecule has 1 heterocycles. The number of hydrogen-bond acceptors (Lipinski definition) is 2. The molecule has 0 spiro atoms. The van der Waals surface area contributed by atoms with Gasteiger partial charge in [0, 0.05) is 0 Å². The van der Waals surface area contributed by atoms with E-state index in [1.165, 1.54) is 0 Å². The first-order valence-corrected chi connectivity index (χ1v) is 8.84. The van der Waals surface area contributed by atoms with Crippen LogP contribution < -0.4 is 0 Å². The summed E-state index contributed by atoms with van der Waals surface area (Å²) in [6.07, 6.45) is 5.02. The summed E-state index contributed by atoms with van der Waals surface area (Å²) in [4.78, 5) is 11.9. The van der Waals surface area contributed by atoms with E-state index in [0.29, 0.717) is 0 Å². The van der Waals surface area contributed by atoms with Crippen LogP contribution in [0.4, 0.5) is 0 Å². The summed E-state index contributed by atoms with van der Waals surface area (Å²) in [5.74, 6) is 0.229. The molecule has 0 saturated carbocycles. The maximum Gasteiger partial charge on any atom is 0.252 e. The number of rotatable bonds is 2. The van der Waals surface area contributed by atoms with Crippen LogP contribution in [0, 0.1) is 5.92 Å². The Kier molecular flexibility index (Phi) is 2.55. The molecular formula is C12H21NO2Si. The molecule has 0 radical (unpaired) electrons. The molecule has 2 bridgehead atoms. The fourth-order valence-electron chi connectivity index (χ4n) is 1.86. The summed E-state index contributed by atoms with van der Waals surface area (Å²) >= 11 is 0. The van der Waals surface area contributed by atoms with Crippen molar-refractivity contribution in [3.63, 3.8) is 0 Å². The average Bonchev–Trinajstić information content (AvgIpc) is 2.67. The Morgan fingerprint density at radius 1 is 1.38 bits per heavy atom. The third-order valence-corrected chi connectivity index (χ3v) is 8.29. The van der Waals surface area contributed by atoms with Crippen molar-refractivity contribution in [3.8, 4) is 0 Å². The largest absolute Gasteiger partial charge is 0.316 e. The first-order valence-electron chi connectivity index (χ1n) is 5.93. The van der Waals surface area contributed by atoms with Crippen LogP contribution in [0.15, 0.2) is 12.2 Å². The zero-order valence-corrected chi connectivity index (χ0v) is 11.8. The molecule has 0 aromatic heterocycles. The molecule has 90 valence electrons. The molecule has 1 fully saturated rings. The van der Waals surface area contributed by atoms with E-state index in [0.717, 1.165) is 6.42 Å². The van der Waals surface area contributed by atoms with Crippen LogP contribution in [0.5, 0.6) is 0 Å². The van der Waals surface area contributed by atoms with Gasteiger partial charge in [0.25, 0.3) is 5.91 Å². The highest BCUT2D eigenvalue weighted by Crippen LogP contribution is 2.41. The highest BCUT2D eigenvalue weighted by Gasteiger charge is 2.47. The second kappa shape index (κ2) is 3.44. The van der Waals surface area contributed by atoms with Gasteiger partial charge in [0.1, 0.15) is 0 Å². The van der Waals surface area contributed by atoms with Gasteiger partial charge in [-0.25, -0.2) is 5.06 Å². The van der Waals surface area contributed by atoms with E-state index < -0.39 is 8.32 Å². The summed E-state index contributed by atoms with van der Waals surface area (Å²) in [5.41, 5.74) is 0. The number of hydroxylamine groups is 2. The van der Waals surface area contributed by atoms with Crippen LogP contribution in [-0.4, -0.2) is 25.3 Å². The van der Waals surface area contributed by atoms with Crippen LogP contribution in [0.2, 0.25) is 18.1 Å². The van der Waals surface area contributed by atoms with E-state index in [-0.39, 0.29) is 22.9 Å². The van der Waals surface area contributed by atoms with E-state index >= 15 is 0 Å².